The lowest BCUT2D eigenvalue weighted by Gasteiger charge is -2.15. The highest BCUT2D eigenvalue weighted by Crippen LogP contribution is 2.16. The highest BCUT2D eigenvalue weighted by molar-refractivity contribution is 5.15. The molecule has 2 unspecified atom stereocenters. The van der Waals surface area contributed by atoms with E-state index in [1.54, 1.807) is 0 Å². The van der Waals surface area contributed by atoms with Crippen molar-refractivity contribution in [2.45, 2.75) is 38.8 Å². The Kier molecular flexibility index (Phi) is 5.39. The Morgan fingerprint density at radius 3 is 2.55 bits per heavy atom. The van der Waals surface area contributed by atoms with Crippen LogP contribution in [0.4, 0.5) is 0 Å². The lowest BCUT2D eigenvalue weighted by atomic mass is 10.1. The number of hydrogen-bond acceptors (Lipinski definition) is 3. The van der Waals surface area contributed by atoms with Gasteiger partial charge in [0.15, 0.2) is 0 Å². The third kappa shape index (κ3) is 4.22. The standard InChI is InChI=1S/C17H23NO2/c1-3-16-9-10-17(20-16)13(2)18-12-15(19)11-14-7-5-4-6-8-14/h4-10,13,15,18-19H,3,11-12H2,1-2H3. The fourth-order valence-electron chi connectivity index (χ4n) is 2.19. The average Bonchev–Trinajstić information content (AvgIpc) is 2.95. The molecule has 1 aromatic heterocycles. The molecule has 2 aromatic rings. The molecule has 0 radical (unpaired) electrons. The molecular formula is C17H23NO2. The van der Waals surface area contributed by atoms with E-state index in [0.717, 1.165) is 23.5 Å². The van der Waals surface area contributed by atoms with Crippen molar-refractivity contribution in [3.63, 3.8) is 0 Å². The summed E-state index contributed by atoms with van der Waals surface area (Å²) in [6.45, 7) is 4.68. The quantitative estimate of drug-likeness (QED) is 0.815. The van der Waals surface area contributed by atoms with E-state index in [9.17, 15) is 5.11 Å². The van der Waals surface area contributed by atoms with Gasteiger partial charge in [0.05, 0.1) is 12.1 Å². The molecular weight excluding hydrogens is 250 g/mol. The van der Waals surface area contributed by atoms with E-state index in [0.29, 0.717) is 13.0 Å². The van der Waals surface area contributed by atoms with Crippen LogP contribution in [-0.4, -0.2) is 17.8 Å². The first kappa shape index (κ1) is 14.8. The van der Waals surface area contributed by atoms with Crippen LogP contribution in [0.3, 0.4) is 0 Å². The molecule has 20 heavy (non-hydrogen) atoms. The second kappa shape index (κ2) is 7.27. The first-order valence-electron chi connectivity index (χ1n) is 7.23. The van der Waals surface area contributed by atoms with Crippen LogP contribution in [0.15, 0.2) is 46.9 Å². The average molecular weight is 273 g/mol. The molecule has 2 rings (SSSR count). The molecule has 0 aliphatic rings. The Bertz CT molecular complexity index is 507. The number of nitrogens with one attached hydrogen (secondary N) is 1. The maximum Gasteiger partial charge on any atom is 0.120 e. The summed E-state index contributed by atoms with van der Waals surface area (Å²) in [5.74, 6) is 1.92. The number of rotatable bonds is 7. The maximum absolute atomic E-state index is 10.1. The van der Waals surface area contributed by atoms with Crippen molar-refractivity contribution in [3.05, 3.63) is 59.5 Å². The molecule has 0 saturated carbocycles. The van der Waals surface area contributed by atoms with Crippen molar-refractivity contribution >= 4 is 0 Å². The SMILES string of the molecule is CCc1ccc(C(C)NCC(O)Cc2ccccc2)o1. The largest absolute Gasteiger partial charge is 0.464 e. The van der Waals surface area contributed by atoms with Gasteiger partial charge in [0.25, 0.3) is 0 Å². The molecule has 2 atom stereocenters. The van der Waals surface area contributed by atoms with Gasteiger partial charge in [-0.25, -0.2) is 0 Å². The van der Waals surface area contributed by atoms with Crippen molar-refractivity contribution < 1.29 is 9.52 Å². The zero-order valence-electron chi connectivity index (χ0n) is 12.2. The molecule has 0 spiro atoms. The summed E-state index contributed by atoms with van der Waals surface area (Å²) in [4.78, 5) is 0. The van der Waals surface area contributed by atoms with Crippen molar-refractivity contribution in [3.8, 4) is 0 Å². The van der Waals surface area contributed by atoms with Crippen LogP contribution in [0, 0.1) is 0 Å². The molecule has 0 saturated heterocycles. The Hall–Kier alpha value is -1.58. The Morgan fingerprint density at radius 2 is 1.90 bits per heavy atom. The van der Waals surface area contributed by atoms with Gasteiger partial charge in [-0.3, -0.25) is 0 Å². The molecule has 1 heterocycles. The second-order valence-electron chi connectivity index (χ2n) is 5.13. The van der Waals surface area contributed by atoms with E-state index in [1.165, 1.54) is 0 Å². The summed E-state index contributed by atoms with van der Waals surface area (Å²) >= 11 is 0. The van der Waals surface area contributed by atoms with Gasteiger partial charge in [0, 0.05) is 13.0 Å². The van der Waals surface area contributed by atoms with Crippen LogP contribution in [-0.2, 0) is 12.8 Å². The highest BCUT2D eigenvalue weighted by Gasteiger charge is 2.12. The van der Waals surface area contributed by atoms with E-state index in [4.69, 9.17) is 4.42 Å². The van der Waals surface area contributed by atoms with Crippen LogP contribution < -0.4 is 5.32 Å². The summed E-state index contributed by atoms with van der Waals surface area (Å²) in [7, 11) is 0. The minimum atomic E-state index is -0.388. The Morgan fingerprint density at radius 1 is 1.15 bits per heavy atom. The predicted octanol–water partition coefficient (Wildman–Crippen LogP) is 3.10. The third-order valence-electron chi connectivity index (χ3n) is 3.43. The van der Waals surface area contributed by atoms with Crippen molar-refractivity contribution in [1.82, 2.24) is 5.32 Å². The van der Waals surface area contributed by atoms with E-state index in [1.807, 2.05) is 49.4 Å². The summed E-state index contributed by atoms with van der Waals surface area (Å²) in [6.07, 6.45) is 1.18. The van der Waals surface area contributed by atoms with Crippen LogP contribution in [0.25, 0.3) is 0 Å². The number of benzene rings is 1. The maximum atomic E-state index is 10.1. The fourth-order valence-corrected chi connectivity index (χ4v) is 2.19. The van der Waals surface area contributed by atoms with Crippen molar-refractivity contribution in [2.24, 2.45) is 0 Å². The normalized spacial score (nSPS) is 14.2. The van der Waals surface area contributed by atoms with Gasteiger partial charge in [-0.05, 0) is 31.0 Å². The van der Waals surface area contributed by atoms with Crippen molar-refractivity contribution in [2.75, 3.05) is 6.54 Å². The van der Waals surface area contributed by atoms with Gasteiger partial charge in [-0.2, -0.15) is 0 Å². The molecule has 0 bridgehead atoms. The highest BCUT2D eigenvalue weighted by atomic mass is 16.3. The Labute approximate surface area is 120 Å². The molecule has 3 nitrogen and oxygen atoms in total. The number of hydrogen-bond donors (Lipinski definition) is 2. The molecule has 108 valence electrons. The van der Waals surface area contributed by atoms with Gasteiger partial charge < -0.3 is 14.8 Å². The second-order valence-corrected chi connectivity index (χ2v) is 5.13. The first-order chi connectivity index (χ1) is 9.69. The van der Waals surface area contributed by atoms with Crippen molar-refractivity contribution in [1.29, 1.82) is 0 Å². The smallest absolute Gasteiger partial charge is 0.120 e. The zero-order chi connectivity index (χ0) is 14.4. The van der Waals surface area contributed by atoms with E-state index < -0.39 is 0 Å². The number of aryl methyl sites for hydroxylation is 1. The summed E-state index contributed by atoms with van der Waals surface area (Å²) in [6, 6.07) is 14.2. The zero-order valence-corrected chi connectivity index (χ0v) is 12.2. The van der Waals surface area contributed by atoms with E-state index in [-0.39, 0.29) is 12.1 Å². The summed E-state index contributed by atoms with van der Waals surface area (Å²) < 4.78 is 5.70. The van der Waals surface area contributed by atoms with Gasteiger partial charge in [0.1, 0.15) is 11.5 Å². The monoisotopic (exact) mass is 273 g/mol. The lowest BCUT2D eigenvalue weighted by molar-refractivity contribution is 0.166. The summed E-state index contributed by atoms with van der Waals surface area (Å²) in [5, 5.41) is 13.4. The van der Waals surface area contributed by atoms with E-state index in [2.05, 4.69) is 12.2 Å². The van der Waals surface area contributed by atoms with Gasteiger partial charge in [0.2, 0.25) is 0 Å². The molecule has 0 aliphatic heterocycles. The predicted molar refractivity (Wildman–Crippen MR) is 80.7 cm³/mol. The minimum absolute atomic E-state index is 0.112. The minimum Gasteiger partial charge on any atom is -0.464 e. The van der Waals surface area contributed by atoms with Crippen LogP contribution in [0.2, 0.25) is 0 Å². The van der Waals surface area contributed by atoms with Gasteiger partial charge >= 0.3 is 0 Å². The number of aliphatic hydroxyl groups is 1. The van der Waals surface area contributed by atoms with E-state index >= 15 is 0 Å². The molecule has 2 N–H and O–H groups in total. The molecule has 0 aliphatic carbocycles. The topological polar surface area (TPSA) is 45.4 Å². The van der Waals surface area contributed by atoms with Gasteiger partial charge in [-0.15, -0.1) is 0 Å². The first-order valence-corrected chi connectivity index (χ1v) is 7.23. The lowest BCUT2D eigenvalue weighted by Crippen LogP contribution is -2.30. The molecule has 1 aromatic carbocycles. The molecule has 0 fully saturated rings. The van der Waals surface area contributed by atoms with Crippen LogP contribution in [0.1, 0.15) is 37.0 Å². The number of aliphatic hydroxyl groups excluding tert-OH is 1. The van der Waals surface area contributed by atoms with Gasteiger partial charge in [-0.1, -0.05) is 37.3 Å². The number of furan rings is 1. The fraction of sp³-hybridized carbons (Fsp3) is 0.412. The molecule has 3 heteroatoms. The Balaban J connectivity index is 1.79. The molecule has 0 amide bonds. The summed E-state index contributed by atoms with van der Waals surface area (Å²) in [5.41, 5.74) is 1.15. The van der Waals surface area contributed by atoms with Crippen LogP contribution in [0.5, 0.6) is 0 Å². The van der Waals surface area contributed by atoms with Crippen LogP contribution >= 0.6 is 0 Å². The third-order valence-corrected chi connectivity index (χ3v) is 3.43.